The molecule has 0 amide bonds. The van der Waals surface area contributed by atoms with Crippen molar-refractivity contribution in [3.05, 3.63) is 0 Å². The van der Waals surface area contributed by atoms with Crippen molar-refractivity contribution in [2.75, 3.05) is 0 Å². The van der Waals surface area contributed by atoms with E-state index in [1.54, 1.807) is 0 Å². The molecule has 0 aromatic heterocycles. The summed E-state index contributed by atoms with van der Waals surface area (Å²) in [5.41, 5.74) is 0. The average molecular weight is 178 g/mol. The molecule has 0 saturated heterocycles. The first kappa shape index (κ1) is 22.9. The van der Waals surface area contributed by atoms with Gasteiger partial charge in [0.05, 0.1) is 0 Å². The minimum absolute atomic E-state index is 0. The number of halogens is 1. The summed E-state index contributed by atoms with van der Waals surface area (Å²) in [6.45, 7) is 0. The monoisotopic (exact) mass is 178 g/mol. The molecule has 0 aromatic carbocycles. The molecule has 8 heavy (non-hydrogen) atoms. The van der Waals surface area contributed by atoms with Gasteiger partial charge >= 0.3 is 26.7 Å². The van der Waals surface area contributed by atoms with Gasteiger partial charge < -0.3 is 14.7 Å². The number of hydrogen-bond donors (Lipinski definition) is 3. The maximum atomic E-state index is 8.88. The Morgan fingerprint density at radius 2 is 1.12 bits per heavy atom. The minimum atomic E-state index is -4.64. The third-order valence-electron chi connectivity index (χ3n) is 0. The SMILES string of the molecule is F.O=P(O)(O)O.[Cr].[LiH]. The van der Waals surface area contributed by atoms with Crippen molar-refractivity contribution in [2.24, 2.45) is 0 Å². The van der Waals surface area contributed by atoms with Crippen LogP contribution in [-0.4, -0.2) is 33.5 Å². The fourth-order valence-electron chi connectivity index (χ4n) is 0. The van der Waals surface area contributed by atoms with Gasteiger partial charge in [-0.15, -0.1) is 0 Å². The molecule has 0 bridgehead atoms. The van der Waals surface area contributed by atoms with Crippen LogP contribution in [0, 0.1) is 0 Å². The van der Waals surface area contributed by atoms with Crippen LogP contribution in [0.2, 0.25) is 0 Å². The molecule has 0 atom stereocenters. The number of rotatable bonds is 0. The van der Waals surface area contributed by atoms with Crippen LogP contribution in [0.3, 0.4) is 0 Å². The summed E-state index contributed by atoms with van der Waals surface area (Å²) in [5, 5.41) is 0. The fourth-order valence-corrected chi connectivity index (χ4v) is 0. The first-order chi connectivity index (χ1) is 2.00. The average Bonchev–Trinajstić information content (AvgIpc) is 0.722. The number of phosphoric acid groups is 1. The molecular formula is H5CrFLiO4P. The normalized spacial score (nSPS) is 7.38. The van der Waals surface area contributed by atoms with Crippen LogP contribution in [0.15, 0.2) is 0 Å². The molecule has 3 N–H and O–H groups in total. The van der Waals surface area contributed by atoms with E-state index in [-0.39, 0.29) is 40.9 Å². The third kappa shape index (κ3) is 199. The molecule has 0 saturated carbocycles. The summed E-state index contributed by atoms with van der Waals surface area (Å²) in [4.78, 5) is 21.6. The third-order valence-corrected chi connectivity index (χ3v) is 0. The van der Waals surface area contributed by atoms with Gasteiger partial charge in [-0.3, -0.25) is 4.70 Å². The topological polar surface area (TPSA) is 77.8 Å². The summed E-state index contributed by atoms with van der Waals surface area (Å²) in [6.07, 6.45) is 0. The van der Waals surface area contributed by atoms with Gasteiger partial charge in [-0.05, 0) is 0 Å². The zero-order valence-electron chi connectivity index (χ0n) is 3.01. The molecule has 0 spiro atoms. The van der Waals surface area contributed by atoms with Crippen LogP contribution in [0.1, 0.15) is 0 Å². The molecule has 8 heteroatoms. The van der Waals surface area contributed by atoms with E-state index in [2.05, 4.69) is 0 Å². The van der Waals surface area contributed by atoms with Gasteiger partial charge in [-0.1, -0.05) is 0 Å². The van der Waals surface area contributed by atoms with E-state index in [9.17, 15) is 0 Å². The Labute approximate surface area is 68.2 Å². The van der Waals surface area contributed by atoms with Gasteiger partial charge in [-0.25, -0.2) is 4.57 Å². The predicted octanol–water partition coefficient (Wildman–Crippen LogP) is -1.43. The van der Waals surface area contributed by atoms with Crippen LogP contribution in [0.25, 0.3) is 0 Å². The molecule has 0 heterocycles. The van der Waals surface area contributed by atoms with Crippen LogP contribution < -0.4 is 0 Å². The van der Waals surface area contributed by atoms with E-state index in [1.807, 2.05) is 0 Å². The zero-order valence-corrected chi connectivity index (χ0v) is 5.18. The predicted molar refractivity (Wildman–Crippen MR) is 23.9 cm³/mol. The molecule has 0 aromatic rings. The van der Waals surface area contributed by atoms with Gasteiger partial charge in [-0.2, -0.15) is 0 Å². The molecular weight excluding hydrogens is 173 g/mol. The second-order valence-corrected chi connectivity index (χ2v) is 1.54. The molecule has 0 fully saturated rings. The Morgan fingerprint density at radius 3 is 1.12 bits per heavy atom. The van der Waals surface area contributed by atoms with Crippen LogP contribution in [0.4, 0.5) is 4.70 Å². The van der Waals surface area contributed by atoms with Crippen LogP contribution in [-0.2, 0) is 21.9 Å². The van der Waals surface area contributed by atoms with Gasteiger partial charge in [0.15, 0.2) is 0 Å². The second-order valence-electron chi connectivity index (χ2n) is 0.513. The molecule has 0 aliphatic carbocycles. The van der Waals surface area contributed by atoms with E-state index in [1.165, 1.54) is 0 Å². The Bertz CT molecular complexity index is 62.2. The molecule has 0 radical (unpaired) electrons. The van der Waals surface area contributed by atoms with Gasteiger partial charge in [0.25, 0.3) is 0 Å². The Kier molecular flexibility index (Phi) is 23.4. The van der Waals surface area contributed by atoms with Crippen LogP contribution >= 0.6 is 7.82 Å². The molecule has 48 valence electrons. The van der Waals surface area contributed by atoms with Gasteiger partial charge in [0, 0.05) is 17.4 Å². The van der Waals surface area contributed by atoms with Crippen molar-refractivity contribution in [1.82, 2.24) is 0 Å². The van der Waals surface area contributed by atoms with Crippen LogP contribution in [0.5, 0.6) is 0 Å². The quantitative estimate of drug-likeness (QED) is 0.314. The van der Waals surface area contributed by atoms with E-state index >= 15 is 0 Å². The summed E-state index contributed by atoms with van der Waals surface area (Å²) in [7, 11) is -4.64. The molecule has 4 nitrogen and oxygen atoms in total. The van der Waals surface area contributed by atoms with Crippen molar-refractivity contribution in [3.63, 3.8) is 0 Å². The maximum absolute atomic E-state index is 8.88. The Hall–Kier alpha value is 1.17. The number of hydrogen-bond acceptors (Lipinski definition) is 1. The molecule has 0 rings (SSSR count). The standard InChI is InChI=1S/Cr.FH.Li.H3O4P.H/c;;;1-5(2,3)4;/h;1H;;(H3,1,2,3,4);. The summed E-state index contributed by atoms with van der Waals surface area (Å²) >= 11 is 0. The van der Waals surface area contributed by atoms with Crippen molar-refractivity contribution in [1.29, 1.82) is 0 Å². The van der Waals surface area contributed by atoms with E-state index < -0.39 is 7.82 Å². The molecule has 0 aliphatic heterocycles. The first-order valence-corrected chi connectivity index (χ1v) is 2.35. The van der Waals surface area contributed by atoms with Gasteiger partial charge in [0.2, 0.25) is 0 Å². The fraction of sp³-hybridized carbons (Fsp3) is 0. The summed E-state index contributed by atoms with van der Waals surface area (Å²) < 4.78 is 8.88. The van der Waals surface area contributed by atoms with Crippen molar-refractivity contribution in [3.8, 4) is 0 Å². The zero-order chi connectivity index (χ0) is 4.50. The Morgan fingerprint density at radius 1 is 1.12 bits per heavy atom. The summed E-state index contributed by atoms with van der Waals surface area (Å²) in [5.74, 6) is 0. The first-order valence-electron chi connectivity index (χ1n) is 0.783. The molecule has 0 unspecified atom stereocenters. The second kappa shape index (κ2) is 8.17. The molecule has 0 aliphatic rings. The van der Waals surface area contributed by atoms with E-state index in [4.69, 9.17) is 19.2 Å². The van der Waals surface area contributed by atoms with Crippen molar-refractivity contribution < 1.29 is 41.3 Å². The van der Waals surface area contributed by atoms with Crippen molar-refractivity contribution in [2.45, 2.75) is 0 Å². The Balaban J connectivity index is -0.0000000267. The van der Waals surface area contributed by atoms with E-state index in [0.717, 1.165) is 0 Å². The van der Waals surface area contributed by atoms with E-state index in [0.29, 0.717) is 0 Å². The summed E-state index contributed by atoms with van der Waals surface area (Å²) in [6, 6.07) is 0. The van der Waals surface area contributed by atoms with Crippen molar-refractivity contribution >= 4 is 26.7 Å². The van der Waals surface area contributed by atoms with Gasteiger partial charge in [0.1, 0.15) is 0 Å².